The lowest BCUT2D eigenvalue weighted by Crippen LogP contribution is -2.43. The maximum atomic E-state index is 11.6. The number of benzene rings is 1. The fraction of sp³-hybridized carbons (Fsp3) is 0.417. The zero-order chi connectivity index (χ0) is 11.5. The smallest absolute Gasteiger partial charge is 0.253 e. The summed E-state index contributed by atoms with van der Waals surface area (Å²) < 4.78 is 0. The summed E-state index contributed by atoms with van der Waals surface area (Å²) in [4.78, 5) is 11.6. The molecule has 0 fully saturated rings. The Morgan fingerprint density at radius 2 is 1.80 bits per heavy atom. The van der Waals surface area contributed by atoms with Crippen molar-refractivity contribution in [2.45, 2.75) is 32.4 Å². The Labute approximate surface area is 90.1 Å². The number of aliphatic hydroxyl groups excluding tert-OH is 1. The maximum absolute atomic E-state index is 11.6. The molecule has 2 N–H and O–H groups in total. The molecule has 1 aromatic carbocycles. The van der Waals surface area contributed by atoms with Gasteiger partial charge in [0.2, 0.25) is 0 Å². The third-order valence-corrected chi connectivity index (χ3v) is 1.86. The molecule has 3 nitrogen and oxygen atoms in total. The van der Waals surface area contributed by atoms with Crippen LogP contribution in [0.25, 0.3) is 0 Å². The minimum atomic E-state index is -1.09. The lowest BCUT2D eigenvalue weighted by Gasteiger charge is -2.22. The molecule has 1 rings (SSSR count). The average Bonchev–Trinajstić information content (AvgIpc) is 2.15. The summed E-state index contributed by atoms with van der Waals surface area (Å²) in [6.45, 7) is 5.63. The van der Waals surface area contributed by atoms with E-state index < -0.39 is 6.10 Å². The van der Waals surface area contributed by atoms with Crippen LogP contribution in [0, 0.1) is 0 Å². The van der Waals surface area contributed by atoms with Gasteiger partial charge in [-0.25, -0.2) is 0 Å². The van der Waals surface area contributed by atoms with Crippen molar-refractivity contribution in [3.05, 3.63) is 35.9 Å². The number of carbonyl (C=O) groups excluding carboxylic acids is 1. The highest BCUT2D eigenvalue weighted by atomic mass is 16.3. The Kier molecular flexibility index (Phi) is 3.48. The van der Waals surface area contributed by atoms with Crippen molar-refractivity contribution in [1.82, 2.24) is 5.32 Å². The van der Waals surface area contributed by atoms with Gasteiger partial charge in [-0.2, -0.15) is 0 Å². The zero-order valence-electron chi connectivity index (χ0n) is 9.32. The molecule has 0 heterocycles. The van der Waals surface area contributed by atoms with Crippen molar-refractivity contribution in [2.75, 3.05) is 0 Å². The van der Waals surface area contributed by atoms with Crippen LogP contribution in [0.1, 0.15) is 32.4 Å². The van der Waals surface area contributed by atoms with Gasteiger partial charge >= 0.3 is 0 Å². The standard InChI is InChI=1S/C12H17NO2/c1-12(2,3)13-11(15)10(14)9-7-5-4-6-8-9/h4-8,10,14H,1-3H3,(H,13,15)/t10-/m1/s1. The van der Waals surface area contributed by atoms with Gasteiger partial charge in [-0.05, 0) is 26.3 Å². The Morgan fingerprint density at radius 1 is 1.27 bits per heavy atom. The van der Waals surface area contributed by atoms with Gasteiger partial charge < -0.3 is 10.4 Å². The minimum Gasteiger partial charge on any atom is -0.378 e. The summed E-state index contributed by atoms with van der Waals surface area (Å²) >= 11 is 0. The Bertz CT molecular complexity index is 327. The number of nitrogens with one attached hydrogen (secondary N) is 1. The second-order valence-corrected chi connectivity index (χ2v) is 4.55. The molecule has 1 amide bonds. The van der Waals surface area contributed by atoms with Crippen LogP contribution in [-0.4, -0.2) is 16.6 Å². The molecule has 0 radical (unpaired) electrons. The van der Waals surface area contributed by atoms with Gasteiger partial charge in [-0.3, -0.25) is 4.79 Å². The van der Waals surface area contributed by atoms with Crippen molar-refractivity contribution in [2.24, 2.45) is 0 Å². The first-order valence-corrected chi connectivity index (χ1v) is 4.95. The normalized spacial score (nSPS) is 13.3. The van der Waals surface area contributed by atoms with E-state index in [9.17, 15) is 9.90 Å². The molecular weight excluding hydrogens is 190 g/mol. The number of amides is 1. The Hall–Kier alpha value is -1.35. The van der Waals surface area contributed by atoms with E-state index in [2.05, 4.69) is 5.32 Å². The molecule has 0 aromatic heterocycles. The molecule has 1 aromatic rings. The molecule has 0 bridgehead atoms. The van der Waals surface area contributed by atoms with Crippen LogP contribution in [0.2, 0.25) is 0 Å². The first kappa shape index (κ1) is 11.7. The van der Waals surface area contributed by atoms with Crippen LogP contribution in [0.15, 0.2) is 30.3 Å². The second kappa shape index (κ2) is 4.45. The van der Waals surface area contributed by atoms with Crippen LogP contribution in [-0.2, 0) is 4.79 Å². The average molecular weight is 207 g/mol. The van der Waals surface area contributed by atoms with Crippen molar-refractivity contribution >= 4 is 5.91 Å². The van der Waals surface area contributed by atoms with Crippen molar-refractivity contribution < 1.29 is 9.90 Å². The Balaban J connectivity index is 2.70. The predicted octanol–water partition coefficient (Wildman–Crippen LogP) is 1.63. The molecule has 1 atom stereocenters. The van der Waals surface area contributed by atoms with Crippen molar-refractivity contribution in [3.63, 3.8) is 0 Å². The maximum Gasteiger partial charge on any atom is 0.253 e. The first-order chi connectivity index (χ1) is 6.90. The van der Waals surface area contributed by atoms with E-state index in [-0.39, 0.29) is 11.4 Å². The minimum absolute atomic E-state index is 0.327. The molecule has 82 valence electrons. The summed E-state index contributed by atoms with van der Waals surface area (Å²) in [6.07, 6.45) is -1.09. The van der Waals surface area contributed by atoms with Crippen molar-refractivity contribution in [3.8, 4) is 0 Å². The monoisotopic (exact) mass is 207 g/mol. The summed E-state index contributed by atoms with van der Waals surface area (Å²) in [6, 6.07) is 8.89. The number of aliphatic hydroxyl groups is 1. The highest BCUT2D eigenvalue weighted by Gasteiger charge is 2.21. The van der Waals surface area contributed by atoms with Crippen LogP contribution >= 0.6 is 0 Å². The quantitative estimate of drug-likeness (QED) is 0.774. The van der Waals surface area contributed by atoms with E-state index in [0.717, 1.165) is 0 Å². The van der Waals surface area contributed by atoms with Gasteiger partial charge in [-0.15, -0.1) is 0 Å². The molecule has 0 aliphatic heterocycles. The number of hydrogen-bond donors (Lipinski definition) is 2. The Morgan fingerprint density at radius 3 is 2.27 bits per heavy atom. The number of rotatable bonds is 2. The first-order valence-electron chi connectivity index (χ1n) is 4.95. The molecule has 0 unspecified atom stereocenters. The number of hydrogen-bond acceptors (Lipinski definition) is 2. The van der Waals surface area contributed by atoms with E-state index in [0.29, 0.717) is 5.56 Å². The molecule has 3 heteroatoms. The number of carbonyl (C=O) groups is 1. The fourth-order valence-electron chi connectivity index (χ4n) is 1.22. The summed E-state index contributed by atoms with van der Waals surface area (Å²) in [7, 11) is 0. The fourth-order valence-corrected chi connectivity index (χ4v) is 1.22. The second-order valence-electron chi connectivity index (χ2n) is 4.55. The molecule has 0 spiro atoms. The molecule has 0 aliphatic rings. The molecule has 0 aliphatic carbocycles. The van der Waals surface area contributed by atoms with Gasteiger partial charge in [0.05, 0.1) is 0 Å². The zero-order valence-corrected chi connectivity index (χ0v) is 9.32. The SMILES string of the molecule is CC(C)(C)NC(=O)[C@H](O)c1ccccc1. The molecule has 0 saturated heterocycles. The van der Waals surface area contributed by atoms with E-state index >= 15 is 0 Å². The van der Waals surface area contributed by atoms with E-state index in [4.69, 9.17) is 0 Å². The van der Waals surface area contributed by atoms with Crippen LogP contribution in [0.5, 0.6) is 0 Å². The molecule has 0 saturated carbocycles. The third-order valence-electron chi connectivity index (χ3n) is 1.86. The highest BCUT2D eigenvalue weighted by molar-refractivity contribution is 5.82. The van der Waals surface area contributed by atoms with E-state index in [1.54, 1.807) is 24.3 Å². The summed E-state index contributed by atoms with van der Waals surface area (Å²) in [5.41, 5.74) is 0.284. The molecular formula is C12H17NO2. The lowest BCUT2D eigenvalue weighted by molar-refractivity contribution is -0.131. The summed E-state index contributed by atoms with van der Waals surface area (Å²) in [5, 5.41) is 12.5. The van der Waals surface area contributed by atoms with Crippen molar-refractivity contribution in [1.29, 1.82) is 0 Å². The van der Waals surface area contributed by atoms with Crippen LogP contribution in [0.4, 0.5) is 0 Å². The van der Waals surface area contributed by atoms with Gasteiger partial charge in [-0.1, -0.05) is 30.3 Å². The van der Waals surface area contributed by atoms with Crippen LogP contribution in [0.3, 0.4) is 0 Å². The molecule has 15 heavy (non-hydrogen) atoms. The van der Waals surface area contributed by atoms with E-state index in [1.165, 1.54) is 0 Å². The topological polar surface area (TPSA) is 49.3 Å². The van der Waals surface area contributed by atoms with Gasteiger partial charge in [0, 0.05) is 5.54 Å². The van der Waals surface area contributed by atoms with E-state index in [1.807, 2.05) is 26.8 Å². The largest absolute Gasteiger partial charge is 0.378 e. The van der Waals surface area contributed by atoms with Gasteiger partial charge in [0.15, 0.2) is 6.10 Å². The van der Waals surface area contributed by atoms with Crippen LogP contribution < -0.4 is 5.32 Å². The summed E-state index contributed by atoms with van der Waals surface area (Å²) in [5.74, 6) is -0.367. The third kappa shape index (κ3) is 3.72. The van der Waals surface area contributed by atoms with Gasteiger partial charge in [0.25, 0.3) is 5.91 Å². The van der Waals surface area contributed by atoms with Gasteiger partial charge in [0.1, 0.15) is 0 Å². The predicted molar refractivity (Wildman–Crippen MR) is 59.3 cm³/mol. The lowest BCUT2D eigenvalue weighted by atomic mass is 10.1. The highest BCUT2D eigenvalue weighted by Crippen LogP contribution is 2.13.